The van der Waals surface area contributed by atoms with Crippen LogP contribution in [0.1, 0.15) is 52.0 Å². The summed E-state index contributed by atoms with van der Waals surface area (Å²) in [6.07, 6.45) is -2.67. The predicted octanol–water partition coefficient (Wildman–Crippen LogP) is 10.4. The number of aromatic hydroxyl groups is 1. The van der Waals surface area contributed by atoms with E-state index in [1.807, 2.05) is 159 Å². The van der Waals surface area contributed by atoms with Crippen molar-refractivity contribution in [3.05, 3.63) is 202 Å². The van der Waals surface area contributed by atoms with Crippen LogP contribution in [-0.2, 0) is 56.5 Å². The van der Waals surface area contributed by atoms with Crippen molar-refractivity contribution in [3.8, 4) is 11.5 Å². The molecule has 0 radical (unpaired) electrons. The van der Waals surface area contributed by atoms with Crippen LogP contribution >= 0.6 is 11.6 Å². The summed E-state index contributed by atoms with van der Waals surface area (Å²) in [6, 6.07) is 51.8. The van der Waals surface area contributed by atoms with E-state index in [4.69, 9.17) is 40.0 Å². The van der Waals surface area contributed by atoms with Crippen LogP contribution in [0.25, 0.3) is 0 Å². The SMILES string of the molecule is CCOc1ccc(Cc2cc([C@@H]3O[C@H](COCc4ccccc4)[C@@H](OCc4ccccc4)[C@H](OCc4ccccc4)[C@H]3OCc3ccccc3)cc(O)c2Cl)cc1. The number of hydrogen-bond donors (Lipinski definition) is 1. The van der Waals surface area contributed by atoms with Crippen LogP contribution in [0.2, 0.25) is 5.02 Å². The first-order chi connectivity index (χ1) is 28.0. The highest BCUT2D eigenvalue weighted by atomic mass is 35.5. The molecule has 5 atom stereocenters. The second kappa shape index (κ2) is 20.4. The third kappa shape index (κ3) is 11.1. The summed E-state index contributed by atoms with van der Waals surface area (Å²) < 4.78 is 39.8. The maximum absolute atomic E-state index is 11.4. The van der Waals surface area contributed by atoms with Crippen molar-refractivity contribution in [2.24, 2.45) is 0 Å². The number of benzene rings is 6. The third-order valence-corrected chi connectivity index (χ3v) is 10.4. The number of phenols is 1. The lowest BCUT2D eigenvalue weighted by Gasteiger charge is -2.46. The van der Waals surface area contributed by atoms with Gasteiger partial charge in [0, 0.05) is 0 Å². The Morgan fingerprint density at radius 1 is 0.561 bits per heavy atom. The molecule has 8 heteroatoms. The molecule has 0 saturated carbocycles. The second-order valence-corrected chi connectivity index (χ2v) is 14.5. The minimum Gasteiger partial charge on any atom is -0.506 e. The molecule has 1 N–H and O–H groups in total. The largest absolute Gasteiger partial charge is 0.506 e. The van der Waals surface area contributed by atoms with E-state index in [9.17, 15) is 5.11 Å². The molecule has 7 rings (SSSR count). The molecule has 6 aromatic carbocycles. The molecule has 0 bridgehead atoms. The van der Waals surface area contributed by atoms with Crippen molar-refractivity contribution >= 4 is 11.6 Å². The predicted molar refractivity (Wildman–Crippen MR) is 222 cm³/mol. The summed E-state index contributed by atoms with van der Waals surface area (Å²) >= 11 is 6.83. The van der Waals surface area contributed by atoms with E-state index in [1.54, 1.807) is 6.07 Å². The van der Waals surface area contributed by atoms with Gasteiger partial charge in [0.05, 0.1) is 44.7 Å². The van der Waals surface area contributed by atoms with E-state index >= 15 is 0 Å². The molecule has 1 heterocycles. The highest BCUT2D eigenvalue weighted by molar-refractivity contribution is 6.32. The molecule has 294 valence electrons. The number of hydrogen-bond acceptors (Lipinski definition) is 7. The fourth-order valence-corrected chi connectivity index (χ4v) is 7.31. The molecular weight excluding hydrogens is 736 g/mol. The molecule has 0 aromatic heterocycles. The fraction of sp³-hybridized carbons (Fsp3) is 0.265. The normalized spacial score (nSPS) is 19.3. The Balaban J connectivity index is 1.27. The average molecular weight is 785 g/mol. The Morgan fingerprint density at radius 3 is 1.58 bits per heavy atom. The first-order valence-electron chi connectivity index (χ1n) is 19.5. The number of ether oxygens (including phenoxy) is 6. The zero-order chi connectivity index (χ0) is 39.2. The summed E-state index contributed by atoms with van der Waals surface area (Å²) in [5, 5.41) is 11.7. The third-order valence-electron chi connectivity index (χ3n) is 9.99. The lowest BCUT2D eigenvalue weighted by Crippen LogP contribution is -2.58. The van der Waals surface area contributed by atoms with Gasteiger partial charge in [-0.1, -0.05) is 151 Å². The number of halogens is 1. The first-order valence-corrected chi connectivity index (χ1v) is 19.9. The van der Waals surface area contributed by atoms with E-state index in [1.165, 1.54) is 0 Å². The van der Waals surface area contributed by atoms with Crippen LogP contribution in [0, 0.1) is 0 Å². The molecule has 0 spiro atoms. The van der Waals surface area contributed by atoms with Gasteiger partial charge in [0.25, 0.3) is 0 Å². The molecule has 1 aliphatic rings. The first kappa shape index (κ1) is 40.2. The second-order valence-electron chi connectivity index (χ2n) is 14.1. The molecule has 1 fully saturated rings. The quantitative estimate of drug-likeness (QED) is 0.0930. The van der Waals surface area contributed by atoms with Crippen LogP contribution in [0.4, 0.5) is 0 Å². The Morgan fingerprint density at radius 2 is 1.05 bits per heavy atom. The highest BCUT2D eigenvalue weighted by Gasteiger charge is 2.49. The van der Waals surface area contributed by atoms with Gasteiger partial charge in [0.1, 0.15) is 42.0 Å². The summed E-state index contributed by atoms with van der Waals surface area (Å²) in [5.41, 5.74) is 6.57. The van der Waals surface area contributed by atoms with Crippen molar-refractivity contribution in [3.63, 3.8) is 0 Å². The molecule has 1 saturated heterocycles. The van der Waals surface area contributed by atoms with Gasteiger partial charge in [-0.05, 0) is 70.5 Å². The molecule has 0 aliphatic carbocycles. The van der Waals surface area contributed by atoms with Crippen LogP contribution < -0.4 is 4.74 Å². The monoisotopic (exact) mass is 784 g/mol. The molecule has 1 aliphatic heterocycles. The minimum absolute atomic E-state index is 0.0402. The van der Waals surface area contributed by atoms with Crippen molar-refractivity contribution in [2.75, 3.05) is 13.2 Å². The zero-order valence-corrected chi connectivity index (χ0v) is 32.9. The zero-order valence-electron chi connectivity index (χ0n) is 32.1. The molecule has 0 unspecified atom stereocenters. The standard InChI is InChI=1S/C49H49ClO7/c1-2-53-42-25-23-35(24-26-42)27-40-28-41(29-43(51)45(40)50)46-48(55-32-38-19-11-5-12-20-38)49(56-33-39-21-13-6-14-22-39)47(54-31-37-17-9-4-10-18-37)44(57-46)34-52-30-36-15-7-3-8-16-36/h3-26,28-29,44,46-49,51H,2,27,30-34H2,1H3/t44-,46+,47-,48+,49+/m1/s1. The number of phenolic OH excluding ortho intramolecular Hbond substituents is 1. The summed E-state index contributed by atoms with van der Waals surface area (Å²) in [4.78, 5) is 0. The molecule has 57 heavy (non-hydrogen) atoms. The summed E-state index contributed by atoms with van der Waals surface area (Å²) in [7, 11) is 0. The average Bonchev–Trinajstić information content (AvgIpc) is 3.25. The Kier molecular flexibility index (Phi) is 14.4. The van der Waals surface area contributed by atoms with Gasteiger partial charge in [-0.2, -0.15) is 0 Å². The maximum Gasteiger partial charge on any atom is 0.134 e. The van der Waals surface area contributed by atoms with E-state index in [-0.39, 0.29) is 17.4 Å². The topological polar surface area (TPSA) is 75.6 Å². The van der Waals surface area contributed by atoms with Crippen LogP contribution in [0.3, 0.4) is 0 Å². The van der Waals surface area contributed by atoms with Gasteiger partial charge in [0.15, 0.2) is 0 Å². The van der Waals surface area contributed by atoms with Crippen LogP contribution in [0.5, 0.6) is 11.5 Å². The molecule has 6 aromatic rings. The van der Waals surface area contributed by atoms with E-state index in [0.29, 0.717) is 45.0 Å². The highest BCUT2D eigenvalue weighted by Crippen LogP contribution is 2.42. The van der Waals surface area contributed by atoms with Crippen molar-refractivity contribution in [2.45, 2.75) is 70.3 Å². The molecular formula is C49H49ClO7. The van der Waals surface area contributed by atoms with Gasteiger partial charge in [0.2, 0.25) is 0 Å². The molecule has 0 amide bonds. The van der Waals surface area contributed by atoms with Crippen molar-refractivity contribution in [1.82, 2.24) is 0 Å². The molecule has 7 nitrogen and oxygen atoms in total. The van der Waals surface area contributed by atoms with E-state index < -0.39 is 30.5 Å². The lowest BCUT2D eigenvalue weighted by molar-refractivity contribution is -0.275. The Hall–Kier alpha value is -4.99. The van der Waals surface area contributed by atoms with E-state index in [0.717, 1.165) is 39.1 Å². The van der Waals surface area contributed by atoms with Crippen LogP contribution in [-0.4, -0.2) is 42.7 Å². The number of rotatable bonds is 18. The van der Waals surface area contributed by atoms with Crippen LogP contribution in [0.15, 0.2) is 158 Å². The van der Waals surface area contributed by atoms with Gasteiger partial charge in [-0.3, -0.25) is 0 Å². The smallest absolute Gasteiger partial charge is 0.134 e. The summed E-state index contributed by atoms with van der Waals surface area (Å²) in [5.74, 6) is 0.755. The Labute approximate surface area is 340 Å². The minimum atomic E-state index is -0.696. The van der Waals surface area contributed by atoms with E-state index in [2.05, 4.69) is 0 Å². The maximum atomic E-state index is 11.4. The summed E-state index contributed by atoms with van der Waals surface area (Å²) in [6.45, 7) is 4.12. The van der Waals surface area contributed by atoms with Crippen molar-refractivity contribution in [1.29, 1.82) is 0 Å². The Bertz CT molecular complexity index is 2080. The van der Waals surface area contributed by atoms with Gasteiger partial charge in [-0.15, -0.1) is 0 Å². The van der Waals surface area contributed by atoms with Crippen molar-refractivity contribution < 1.29 is 33.5 Å². The van der Waals surface area contributed by atoms with Gasteiger partial charge >= 0.3 is 0 Å². The fourth-order valence-electron chi connectivity index (χ4n) is 7.13. The van der Waals surface area contributed by atoms with Gasteiger partial charge < -0.3 is 33.5 Å². The lowest BCUT2D eigenvalue weighted by atomic mass is 9.89. The van der Waals surface area contributed by atoms with Gasteiger partial charge in [-0.25, -0.2) is 0 Å².